The van der Waals surface area contributed by atoms with Gasteiger partial charge in [-0.05, 0) is 6.42 Å². The van der Waals surface area contributed by atoms with Gasteiger partial charge in [0.05, 0.1) is 12.7 Å². The fourth-order valence-electron chi connectivity index (χ4n) is 0.700. The Morgan fingerprint density at radius 1 is 1.33 bits per heavy atom. The standard InChI is InChI=1S/C7H14O5/c1-2-4(9)6(11)7(12)5(10)3-8/h4-6,8-11H,2-3H2,1H3/t4-,5+,6+/m0/s1. The summed E-state index contributed by atoms with van der Waals surface area (Å²) >= 11 is 0. The second-order valence-corrected chi connectivity index (χ2v) is 2.52. The molecule has 5 nitrogen and oxygen atoms in total. The number of hydrogen-bond donors (Lipinski definition) is 4. The maximum Gasteiger partial charge on any atom is 0.194 e. The molecule has 3 atom stereocenters. The van der Waals surface area contributed by atoms with Gasteiger partial charge in [0, 0.05) is 0 Å². The smallest absolute Gasteiger partial charge is 0.194 e. The van der Waals surface area contributed by atoms with Gasteiger partial charge < -0.3 is 20.4 Å². The number of aliphatic hydroxyl groups excluding tert-OH is 4. The molecule has 0 unspecified atom stereocenters. The molecule has 0 aliphatic rings. The van der Waals surface area contributed by atoms with Crippen LogP contribution in [0.15, 0.2) is 0 Å². The molecule has 4 N–H and O–H groups in total. The van der Waals surface area contributed by atoms with Crippen molar-refractivity contribution in [3.05, 3.63) is 0 Å². The van der Waals surface area contributed by atoms with Crippen molar-refractivity contribution in [1.29, 1.82) is 0 Å². The normalized spacial score (nSPS) is 18.4. The zero-order valence-corrected chi connectivity index (χ0v) is 6.84. The average Bonchev–Trinajstić information content (AvgIpc) is 2.12. The van der Waals surface area contributed by atoms with E-state index in [-0.39, 0.29) is 6.42 Å². The van der Waals surface area contributed by atoms with Crippen LogP contribution in [0.1, 0.15) is 13.3 Å². The Morgan fingerprint density at radius 3 is 2.17 bits per heavy atom. The number of aliphatic hydroxyl groups is 4. The predicted molar refractivity (Wildman–Crippen MR) is 40.4 cm³/mol. The highest BCUT2D eigenvalue weighted by Gasteiger charge is 2.27. The topological polar surface area (TPSA) is 98.0 Å². The number of ketones is 1. The molecule has 0 saturated heterocycles. The molecule has 0 aromatic heterocycles. The van der Waals surface area contributed by atoms with E-state index >= 15 is 0 Å². The highest BCUT2D eigenvalue weighted by atomic mass is 16.4. The lowest BCUT2D eigenvalue weighted by Gasteiger charge is -2.16. The molecule has 0 aliphatic heterocycles. The molecule has 0 bridgehead atoms. The lowest BCUT2D eigenvalue weighted by atomic mass is 10.0. The molecule has 72 valence electrons. The van der Waals surface area contributed by atoms with Crippen LogP contribution in [0.4, 0.5) is 0 Å². The van der Waals surface area contributed by atoms with E-state index in [4.69, 9.17) is 20.4 Å². The Kier molecular flexibility index (Phi) is 5.00. The van der Waals surface area contributed by atoms with E-state index in [9.17, 15) is 4.79 Å². The second kappa shape index (κ2) is 5.21. The minimum atomic E-state index is -1.61. The van der Waals surface area contributed by atoms with E-state index in [1.807, 2.05) is 0 Å². The summed E-state index contributed by atoms with van der Waals surface area (Å²) in [5, 5.41) is 35.1. The lowest BCUT2D eigenvalue weighted by molar-refractivity contribution is -0.143. The van der Waals surface area contributed by atoms with Crippen molar-refractivity contribution in [2.24, 2.45) is 0 Å². The van der Waals surface area contributed by atoms with Crippen molar-refractivity contribution >= 4 is 5.78 Å². The van der Waals surface area contributed by atoms with Crippen molar-refractivity contribution in [3.8, 4) is 0 Å². The summed E-state index contributed by atoms with van der Waals surface area (Å²) in [6.45, 7) is 0.846. The lowest BCUT2D eigenvalue weighted by Crippen LogP contribution is -2.41. The van der Waals surface area contributed by atoms with Gasteiger partial charge in [-0.25, -0.2) is 0 Å². The first kappa shape index (κ1) is 11.5. The third kappa shape index (κ3) is 2.86. The summed E-state index contributed by atoms with van der Waals surface area (Å²) in [6, 6.07) is 0. The van der Waals surface area contributed by atoms with Gasteiger partial charge in [0.15, 0.2) is 5.78 Å². The number of Topliss-reactive ketones (excluding diaryl/α,β-unsaturated/α-hetero) is 1. The molecule has 0 aliphatic carbocycles. The van der Waals surface area contributed by atoms with Gasteiger partial charge in [-0.15, -0.1) is 0 Å². The van der Waals surface area contributed by atoms with Gasteiger partial charge in [0.1, 0.15) is 12.2 Å². The molecule has 0 spiro atoms. The van der Waals surface area contributed by atoms with E-state index in [1.165, 1.54) is 0 Å². The molecule has 5 heteroatoms. The monoisotopic (exact) mass is 178 g/mol. The highest BCUT2D eigenvalue weighted by molar-refractivity contribution is 5.87. The number of carbonyl (C=O) groups excluding carboxylic acids is 1. The number of hydrogen-bond acceptors (Lipinski definition) is 5. The van der Waals surface area contributed by atoms with Crippen LogP contribution in [-0.4, -0.2) is 51.1 Å². The van der Waals surface area contributed by atoms with Crippen LogP contribution < -0.4 is 0 Å². The van der Waals surface area contributed by atoms with Crippen LogP contribution in [0.3, 0.4) is 0 Å². The molecule has 0 fully saturated rings. The largest absolute Gasteiger partial charge is 0.393 e. The molecule has 0 radical (unpaired) electrons. The second-order valence-electron chi connectivity index (χ2n) is 2.52. The van der Waals surface area contributed by atoms with E-state index < -0.39 is 30.7 Å². The van der Waals surface area contributed by atoms with Crippen molar-refractivity contribution in [2.75, 3.05) is 6.61 Å². The van der Waals surface area contributed by atoms with Gasteiger partial charge in [-0.3, -0.25) is 4.79 Å². The molecule has 0 saturated carbocycles. The minimum Gasteiger partial charge on any atom is -0.393 e. The van der Waals surface area contributed by atoms with Gasteiger partial charge >= 0.3 is 0 Å². The Hall–Kier alpha value is -0.490. The third-order valence-electron chi connectivity index (χ3n) is 1.58. The Bertz CT molecular complexity index is 147. The molecular formula is C7H14O5. The van der Waals surface area contributed by atoms with Crippen LogP contribution in [0.25, 0.3) is 0 Å². The first-order valence-corrected chi connectivity index (χ1v) is 3.73. The summed E-state index contributed by atoms with van der Waals surface area (Å²) in [7, 11) is 0. The predicted octanol–water partition coefficient (Wildman–Crippen LogP) is -1.96. The molecule has 0 rings (SSSR count). The van der Waals surface area contributed by atoms with E-state index in [0.29, 0.717) is 0 Å². The van der Waals surface area contributed by atoms with Crippen LogP contribution in [0.2, 0.25) is 0 Å². The molecule has 12 heavy (non-hydrogen) atoms. The van der Waals surface area contributed by atoms with Gasteiger partial charge in [-0.1, -0.05) is 6.92 Å². The fraction of sp³-hybridized carbons (Fsp3) is 0.857. The summed E-state index contributed by atoms with van der Waals surface area (Å²) in [4.78, 5) is 10.9. The highest BCUT2D eigenvalue weighted by Crippen LogP contribution is 2.02. The zero-order valence-electron chi connectivity index (χ0n) is 6.84. The Balaban J connectivity index is 4.09. The fourth-order valence-corrected chi connectivity index (χ4v) is 0.700. The molecule has 0 amide bonds. The maximum absolute atomic E-state index is 10.9. The van der Waals surface area contributed by atoms with Crippen molar-refractivity contribution in [3.63, 3.8) is 0 Å². The van der Waals surface area contributed by atoms with Crippen LogP contribution in [0, 0.1) is 0 Å². The maximum atomic E-state index is 10.9. The quantitative estimate of drug-likeness (QED) is 0.392. The average molecular weight is 178 g/mol. The van der Waals surface area contributed by atoms with Crippen LogP contribution in [-0.2, 0) is 4.79 Å². The van der Waals surface area contributed by atoms with Crippen LogP contribution >= 0.6 is 0 Å². The Labute approximate surface area is 70.3 Å². The summed E-state index contributed by atoms with van der Waals surface area (Å²) in [5.74, 6) is -0.952. The Morgan fingerprint density at radius 2 is 1.83 bits per heavy atom. The number of carbonyl (C=O) groups is 1. The first-order valence-electron chi connectivity index (χ1n) is 3.73. The summed E-state index contributed by atoms with van der Waals surface area (Å²) < 4.78 is 0. The van der Waals surface area contributed by atoms with Crippen molar-refractivity contribution in [1.82, 2.24) is 0 Å². The van der Waals surface area contributed by atoms with Crippen molar-refractivity contribution < 1.29 is 25.2 Å². The zero-order chi connectivity index (χ0) is 9.72. The first-order chi connectivity index (χ1) is 5.54. The number of rotatable bonds is 5. The van der Waals surface area contributed by atoms with E-state index in [2.05, 4.69) is 0 Å². The van der Waals surface area contributed by atoms with Crippen molar-refractivity contribution in [2.45, 2.75) is 31.7 Å². The summed E-state index contributed by atoms with van der Waals surface area (Å²) in [6.07, 6.45) is -4.19. The molecule has 0 aromatic rings. The molecule has 0 aromatic carbocycles. The van der Waals surface area contributed by atoms with Gasteiger partial charge in [-0.2, -0.15) is 0 Å². The molecule has 0 heterocycles. The molecular weight excluding hydrogens is 164 g/mol. The van der Waals surface area contributed by atoms with Gasteiger partial charge in [0.2, 0.25) is 0 Å². The summed E-state index contributed by atoms with van der Waals surface area (Å²) in [5.41, 5.74) is 0. The van der Waals surface area contributed by atoms with E-state index in [0.717, 1.165) is 0 Å². The van der Waals surface area contributed by atoms with Gasteiger partial charge in [0.25, 0.3) is 0 Å². The van der Waals surface area contributed by atoms with Crippen LogP contribution in [0.5, 0.6) is 0 Å². The van der Waals surface area contributed by atoms with E-state index in [1.54, 1.807) is 6.92 Å². The third-order valence-corrected chi connectivity index (χ3v) is 1.58. The minimum absolute atomic E-state index is 0.213. The SMILES string of the molecule is CC[C@H](O)[C@@H](O)C(=O)[C@H](O)CO.